The largest absolute Gasteiger partial charge is 0.356 e. The zero-order valence-corrected chi connectivity index (χ0v) is 14.7. The maximum absolute atomic E-state index is 12.3. The number of piperazine rings is 1. The van der Waals surface area contributed by atoms with Gasteiger partial charge in [0.1, 0.15) is 11.5 Å². The van der Waals surface area contributed by atoms with E-state index in [1.54, 1.807) is 6.20 Å². The van der Waals surface area contributed by atoms with Crippen LogP contribution >= 0.6 is 0 Å². The van der Waals surface area contributed by atoms with Gasteiger partial charge in [-0.05, 0) is 31.3 Å². The third-order valence-corrected chi connectivity index (χ3v) is 4.64. The van der Waals surface area contributed by atoms with Gasteiger partial charge in [0.05, 0.1) is 18.3 Å². The van der Waals surface area contributed by atoms with E-state index in [1.807, 2.05) is 36.4 Å². The fraction of sp³-hybridized carbons (Fsp3) is 0.316. The van der Waals surface area contributed by atoms with Gasteiger partial charge in [-0.2, -0.15) is 0 Å². The predicted molar refractivity (Wildman–Crippen MR) is 100 cm³/mol. The summed E-state index contributed by atoms with van der Waals surface area (Å²) in [5, 5.41) is 7.74. The second-order valence-electron chi connectivity index (χ2n) is 6.55. The summed E-state index contributed by atoms with van der Waals surface area (Å²) in [6.07, 6.45) is 1.86. The number of amides is 1. The van der Waals surface area contributed by atoms with Crippen LogP contribution in [0.25, 0.3) is 11.0 Å². The number of hydrogen-bond donors (Lipinski definition) is 1. The first-order valence-electron chi connectivity index (χ1n) is 8.72. The molecule has 0 saturated carbocycles. The van der Waals surface area contributed by atoms with E-state index < -0.39 is 0 Å². The summed E-state index contributed by atoms with van der Waals surface area (Å²) in [7, 11) is 2.13. The van der Waals surface area contributed by atoms with E-state index in [4.69, 9.17) is 4.52 Å². The first kappa shape index (κ1) is 16.5. The van der Waals surface area contributed by atoms with Crippen molar-refractivity contribution in [2.24, 2.45) is 0 Å². The normalized spacial score (nSPS) is 15.3. The molecule has 7 heteroatoms. The highest BCUT2D eigenvalue weighted by Gasteiger charge is 2.16. The van der Waals surface area contributed by atoms with Crippen LogP contribution in [0.4, 0.5) is 11.5 Å². The van der Waals surface area contributed by atoms with E-state index in [-0.39, 0.29) is 12.3 Å². The molecule has 7 nitrogen and oxygen atoms in total. The van der Waals surface area contributed by atoms with Gasteiger partial charge < -0.3 is 19.6 Å². The van der Waals surface area contributed by atoms with Crippen LogP contribution in [0.1, 0.15) is 5.69 Å². The van der Waals surface area contributed by atoms with Crippen molar-refractivity contribution in [3.8, 4) is 0 Å². The molecular formula is C19H21N5O2. The van der Waals surface area contributed by atoms with Crippen LogP contribution in [0, 0.1) is 0 Å². The van der Waals surface area contributed by atoms with Gasteiger partial charge in [-0.3, -0.25) is 4.79 Å². The highest BCUT2D eigenvalue weighted by atomic mass is 16.5. The van der Waals surface area contributed by atoms with Crippen molar-refractivity contribution in [3.05, 3.63) is 48.3 Å². The molecule has 1 fully saturated rings. The number of aromatic nitrogens is 2. The predicted octanol–water partition coefficient (Wildman–Crippen LogP) is 2.16. The van der Waals surface area contributed by atoms with E-state index in [1.165, 1.54) is 0 Å². The van der Waals surface area contributed by atoms with E-state index in [0.29, 0.717) is 17.0 Å². The van der Waals surface area contributed by atoms with E-state index >= 15 is 0 Å². The zero-order chi connectivity index (χ0) is 17.9. The van der Waals surface area contributed by atoms with Gasteiger partial charge in [-0.15, -0.1) is 0 Å². The van der Waals surface area contributed by atoms with Crippen LogP contribution in [0.15, 0.2) is 47.1 Å². The van der Waals surface area contributed by atoms with Crippen molar-refractivity contribution in [3.63, 3.8) is 0 Å². The maximum Gasteiger partial charge on any atom is 0.230 e. The Bertz CT molecular complexity index is 898. The molecule has 0 radical (unpaired) electrons. The molecule has 1 aromatic carbocycles. The number of carbonyl (C=O) groups is 1. The highest BCUT2D eigenvalue weighted by molar-refractivity contribution is 5.94. The number of benzene rings is 1. The molecule has 0 aliphatic carbocycles. The molecule has 1 aliphatic rings. The van der Waals surface area contributed by atoms with E-state index in [0.717, 1.165) is 37.4 Å². The number of nitrogens with zero attached hydrogens (tertiary/aromatic N) is 4. The molecule has 3 heterocycles. The molecule has 1 N–H and O–H groups in total. The number of nitrogens with one attached hydrogen (secondary N) is 1. The average Bonchev–Trinajstić information content (AvgIpc) is 3.06. The number of hydrogen-bond acceptors (Lipinski definition) is 6. The summed E-state index contributed by atoms with van der Waals surface area (Å²) in [5.41, 5.74) is 2.01. The van der Waals surface area contributed by atoms with Crippen molar-refractivity contribution in [1.29, 1.82) is 0 Å². The minimum atomic E-state index is -0.141. The summed E-state index contributed by atoms with van der Waals surface area (Å²) in [6.45, 7) is 4.00. The Morgan fingerprint density at radius 2 is 1.96 bits per heavy atom. The molecule has 134 valence electrons. The van der Waals surface area contributed by atoms with Crippen LogP contribution < -0.4 is 10.2 Å². The molecule has 0 atom stereocenters. The Balaban J connectivity index is 1.38. The number of likely N-dealkylation sites (N-methyl/N-ethyl adjacent to an activating group) is 1. The van der Waals surface area contributed by atoms with Crippen LogP contribution in [0.2, 0.25) is 0 Å². The highest BCUT2D eigenvalue weighted by Crippen LogP contribution is 2.19. The first-order chi connectivity index (χ1) is 12.7. The standard InChI is InChI=1S/C19H21N5O2/c1-23-8-10-24(11-9-23)18-7-6-14(13-20-18)21-19(25)12-16-15-4-2-3-5-17(15)26-22-16/h2-7,13H,8-12H2,1H3,(H,21,25). The Morgan fingerprint density at radius 3 is 2.73 bits per heavy atom. The monoisotopic (exact) mass is 351 g/mol. The number of para-hydroxylation sites is 1. The number of rotatable bonds is 4. The smallest absolute Gasteiger partial charge is 0.230 e. The summed E-state index contributed by atoms with van der Waals surface area (Å²) >= 11 is 0. The molecule has 26 heavy (non-hydrogen) atoms. The summed E-state index contributed by atoms with van der Waals surface area (Å²) in [4.78, 5) is 21.4. The lowest BCUT2D eigenvalue weighted by atomic mass is 10.1. The summed E-state index contributed by atoms with van der Waals surface area (Å²) in [5.74, 6) is 0.803. The molecular weight excluding hydrogens is 330 g/mol. The van der Waals surface area contributed by atoms with Crippen LogP contribution in [-0.4, -0.2) is 54.2 Å². The topological polar surface area (TPSA) is 74.5 Å². The van der Waals surface area contributed by atoms with Crippen molar-refractivity contribution in [2.45, 2.75) is 6.42 Å². The number of pyridine rings is 1. The Labute approximate surface area is 151 Å². The van der Waals surface area contributed by atoms with E-state index in [9.17, 15) is 4.79 Å². The molecule has 1 saturated heterocycles. The van der Waals surface area contributed by atoms with Gasteiger partial charge in [0.2, 0.25) is 5.91 Å². The molecule has 1 amide bonds. The second-order valence-corrected chi connectivity index (χ2v) is 6.55. The third-order valence-electron chi connectivity index (χ3n) is 4.64. The molecule has 1 aliphatic heterocycles. The van der Waals surface area contributed by atoms with Crippen LogP contribution in [0.3, 0.4) is 0 Å². The summed E-state index contributed by atoms with van der Waals surface area (Å²) < 4.78 is 5.24. The van der Waals surface area contributed by atoms with Gasteiger partial charge in [0.15, 0.2) is 5.58 Å². The fourth-order valence-electron chi connectivity index (χ4n) is 3.11. The molecule has 0 spiro atoms. The van der Waals surface area contributed by atoms with Gasteiger partial charge in [0.25, 0.3) is 0 Å². The third kappa shape index (κ3) is 3.52. The summed E-state index contributed by atoms with van der Waals surface area (Å²) in [6, 6.07) is 11.4. The number of anilines is 2. The van der Waals surface area contributed by atoms with Gasteiger partial charge in [-0.1, -0.05) is 17.3 Å². The lowest BCUT2D eigenvalue weighted by molar-refractivity contribution is -0.115. The van der Waals surface area contributed by atoms with E-state index in [2.05, 4.69) is 32.3 Å². The maximum atomic E-state index is 12.3. The molecule has 0 unspecified atom stereocenters. The fourth-order valence-corrected chi connectivity index (χ4v) is 3.11. The van der Waals surface area contributed by atoms with Gasteiger partial charge >= 0.3 is 0 Å². The first-order valence-corrected chi connectivity index (χ1v) is 8.72. The van der Waals surface area contributed by atoms with Crippen molar-refractivity contribution >= 4 is 28.4 Å². The number of fused-ring (bicyclic) bond motifs is 1. The Morgan fingerprint density at radius 1 is 1.15 bits per heavy atom. The van der Waals surface area contributed by atoms with Crippen molar-refractivity contribution in [2.75, 3.05) is 43.4 Å². The average molecular weight is 351 g/mol. The Hall–Kier alpha value is -2.93. The lowest BCUT2D eigenvalue weighted by Gasteiger charge is -2.33. The lowest BCUT2D eigenvalue weighted by Crippen LogP contribution is -2.44. The van der Waals surface area contributed by atoms with Crippen LogP contribution in [-0.2, 0) is 11.2 Å². The number of carbonyl (C=O) groups excluding carboxylic acids is 1. The minimum Gasteiger partial charge on any atom is -0.356 e. The minimum absolute atomic E-state index is 0.141. The van der Waals surface area contributed by atoms with Crippen molar-refractivity contribution in [1.82, 2.24) is 15.0 Å². The molecule has 2 aromatic heterocycles. The zero-order valence-electron chi connectivity index (χ0n) is 14.7. The second kappa shape index (κ2) is 7.13. The van der Waals surface area contributed by atoms with Crippen molar-refractivity contribution < 1.29 is 9.32 Å². The van der Waals surface area contributed by atoms with Crippen LogP contribution in [0.5, 0.6) is 0 Å². The van der Waals surface area contributed by atoms with Gasteiger partial charge in [0, 0.05) is 31.6 Å². The quantitative estimate of drug-likeness (QED) is 0.776. The molecule has 0 bridgehead atoms. The van der Waals surface area contributed by atoms with Gasteiger partial charge in [-0.25, -0.2) is 4.98 Å². The molecule has 3 aromatic rings. The SMILES string of the molecule is CN1CCN(c2ccc(NC(=O)Cc3noc4ccccc34)cn2)CC1. The molecule has 4 rings (SSSR count). The Kier molecular flexibility index (Phi) is 4.53.